The fraction of sp³-hybridized carbons (Fsp3) is 0.875. The van der Waals surface area contributed by atoms with Gasteiger partial charge in [-0.1, -0.05) is 96.9 Å². The molecule has 14 fully saturated rings. The van der Waals surface area contributed by atoms with Crippen molar-refractivity contribution in [2.75, 3.05) is 54.4 Å². The van der Waals surface area contributed by atoms with Crippen molar-refractivity contribution in [1.29, 1.82) is 0 Å². The smallest absolute Gasteiger partial charge is 0.410 e. The number of nitro groups is 1. The monoisotopic (exact) mass is 1430 g/mol. The van der Waals surface area contributed by atoms with E-state index in [1.54, 1.807) is 28.2 Å². The summed E-state index contributed by atoms with van der Waals surface area (Å²) in [6, 6.07) is 5.02. The standard InChI is InChI=1S/C37H60N2O6.C33H55NO5.C7H4ClNO4.C3H7N/c1-21(2)28(45-31(41)38(8)9)23-19-22(3)27-29(43-23)30(40)35(7)25-12-11-24-33(4,5)26(44-32(42)39-17-10-18-39)13-14-36(24)20-37(25,36)16-15-34(27,35)6;1-18(2)25(39-28(37)34(8)9)20-16-19(3)24-26(38-20)27(36)31(7)22-11-10-21-29(4,5)23(35)12-13-32(21)17-33(22,32)15-14-30(24,31)6;8-7(10)13-6-3-1-5(2-4-6)9(11)12;1-2-4-3-1/h21-30,40H,10-20H2,1-9H3;18-27,35-36H,10-17H2,1-9H3;1-4H;4H,1-3H2/t22-,23-,24+,25+,26+,27+,28?,29+,30+,34-,35-,36-,37+;19-,20-,21+,22+,23+,24+,25?,26+,27+,30-,31-,32-,33+;;/m11../s1. The summed E-state index contributed by atoms with van der Waals surface area (Å²) >= 11 is 4.92. The van der Waals surface area contributed by atoms with Gasteiger partial charge in [-0.2, -0.15) is 0 Å². The summed E-state index contributed by atoms with van der Waals surface area (Å²) in [7, 11) is 6.87. The molecule has 0 bridgehead atoms. The molecule has 4 aliphatic heterocycles. The van der Waals surface area contributed by atoms with Crippen LogP contribution in [-0.2, 0) is 23.7 Å². The molecule has 10 saturated carbocycles. The van der Waals surface area contributed by atoms with Crippen LogP contribution in [-0.4, -0.2) is 174 Å². The number of rotatable bonds is 9. The van der Waals surface area contributed by atoms with E-state index in [9.17, 15) is 44.6 Å². The lowest BCUT2D eigenvalue weighted by atomic mass is 9.41. The molecule has 1 aromatic carbocycles. The molecule has 14 aliphatic rings. The van der Waals surface area contributed by atoms with Crippen molar-refractivity contribution in [3.05, 3.63) is 34.4 Å². The second-order valence-electron chi connectivity index (χ2n) is 38.0. The van der Waals surface area contributed by atoms with Gasteiger partial charge in [0.2, 0.25) is 0 Å². The molecule has 15 rings (SSSR count). The molecular formula is C80H126ClN5O15. The zero-order chi connectivity index (χ0) is 73.7. The second-order valence-corrected chi connectivity index (χ2v) is 38.3. The number of hydrogen-bond donors (Lipinski definition) is 4. The van der Waals surface area contributed by atoms with Crippen molar-refractivity contribution in [2.24, 2.45) is 113 Å². The predicted octanol–water partition coefficient (Wildman–Crippen LogP) is 14.9. The lowest BCUT2D eigenvalue weighted by Gasteiger charge is -2.63. The maximum atomic E-state index is 12.9. The highest BCUT2D eigenvalue weighted by molar-refractivity contribution is 6.61. The van der Waals surface area contributed by atoms with Gasteiger partial charge in [0.1, 0.15) is 24.1 Å². The van der Waals surface area contributed by atoms with Crippen LogP contribution in [0.3, 0.4) is 0 Å². The van der Waals surface area contributed by atoms with Crippen molar-refractivity contribution in [2.45, 2.75) is 274 Å². The van der Waals surface area contributed by atoms with E-state index in [0.29, 0.717) is 52.3 Å². The fourth-order valence-corrected chi connectivity index (χ4v) is 26.7. The fourth-order valence-electron chi connectivity index (χ4n) is 26.6. The Hall–Kier alpha value is -4.05. The van der Waals surface area contributed by atoms with Gasteiger partial charge in [0.15, 0.2) is 0 Å². The lowest BCUT2D eigenvalue weighted by Crippen LogP contribution is -2.60. The molecule has 4 saturated heterocycles. The molecule has 0 aromatic heterocycles. The number of fused-ring (bicyclic) bond motifs is 8. The normalized spacial score (nSPS) is 45.1. The van der Waals surface area contributed by atoms with Crippen molar-refractivity contribution in [1.82, 2.24) is 20.0 Å². The summed E-state index contributed by atoms with van der Waals surface area (Å²) < 4.78 is 36.5. The molecular weight excluding hydrogens is 1310 g/mol. The van der Waals surface area contributed by atoms with Crippen LogP contribution in [0.15, 0.2) is 24.3 Å². The maximum absolute atomic E-state index is 12.9. The van der Waals surface area contributed by atoms with Crippen molar-refractivity contribution >= 4 is 41.0 Å². The molecule has 26 atom stereocenters. The number of benzene rings is 1. The number of non-ortho nitro benzene ring substituents is 1. The zero-order valence-corrected chi connectivity index (χ0v) is 65.1. The third-order valence-electron chi connectivity index (χ3n) is 32.1. The number of carbonyl (C=O) groups is 4. The average Bonchev–Trinajstić information content (AvgIpc) is 1.47. The molecule has 4 spiro atoms. The molecule has 3 amide bonds. The Labute approximate surface area is 607 Å². The largest absolute Gasteiger partial charge is 0.446 e. The van der Waals surface area contributed by atoms with E-state index in [0.717, 1.165) is 90.1 Å². The van der Waals surface area contributed by atoms with Crippen LogP contribution in [0.25, 0.3) is 0 Å². The van der Waals surface area contributed by atoms with Crippen molar-refractivity contribution in [3.8, 4) is 5.75 Å². The number of aliphatic hydroxyl groups is 3. The number of nitrogens with zero attached hydrogens (tertiary/aromatic N) is 4. The van der Waals surface area contributed by atoms with Crippen LogP contribution >= 0.6 is 11.6 Å². The topological polar surface area (TPSA) is 249 Å². The molecule has 2 unspecified atom stereocenters. The zero-order valence-electron chi connectivity index (χ0n) is 64.3. The van der Waals surface area contributed by atoms with Crippen LogP contribution in [0, 0.1) is 123 Å². The molecule has 20 nitrogen and oxygen atoms in total. The van der Waals surface area contributed by atoms with E-state index in [4.69, 9.17) is 35.3 Å². The minimum atomic E-state index is -0.978. The summed E-state index contributed by atoms with van der Waals surface area (Å²) in [6.45, 7) is 36.4. The van der Waals surface area contributed by atoms with E-state index < -0.39 is 22.6 Å². The molecule has 101 heavy (non-hydrogen) atoms. The molecule has 4 heterocycles. The van der Waals surface area contributed by atoms with E-state index in [1.165, 1.54) is 85.7 Å². The summed E-state index contributed by atoms with van der Waals surface area (Å²) in [6.07, 6.45) is 16.6. The van der Waals surface area contributed by atoms with Crippen LogP contribution in [0.1, 0.15) is 213 Å². The number of likely N-dealkylation sites (tertiary alicyclic amines) is 1. The minimum Gasteiger partial charge on any atom is -0.446 e. The molecule has 568 valence electrons. The van der Waals surface area contributed by atoms with Gasteiger partial charge in [0.25, 0.3) is 5.69 Å². The summed E-state index contributed by atoms with van der Waals surface area (Å²) in [5, 5.41) is 49.2. The number of ether oxygens (including phenoxy) is 6. The van der Waals surface area contributed by atoms with Crippen molar-refractivity contribution < 1.29 is 67.8 Å². The Morgan fingerprint density at radius 2 is 1.02 bits per heavy atom. The Kier molecular flexibility index (Phi) is 20.5. The van der Waals surface area contributed by atoms with E-state index in [-0.39, 0.29) is 140 Å². The van der Waals surface area contributed by atoms with Gasteiger partial charge < -0.3 is 63.8 Å². The third kappa shape index (κ3) is 11.8. The highest BCUT2D eigenvalue weighted by Crippen LogP contribution is 2.91. The number of nitro benzene ring substituents is 1. The summed E-state index contributed by atoms with van der Waals surface area (Å²) in [5.74, 6) is 3.82. The quantitative estimate of drug-likeness (QED) is 0.0776. The third-order valence-corrected chi connectivity index (χ3v) is 32.2. The number of carbonyl (C=O) groups excluding carboxylic acids is 4. The van der Waals surface area contributed by atoms with Gasteiger partial charge in [0, 0.05) is 81.3 Å². The van der Waals surface area contributed by atoms with Gasteiger partial charge in [0.05, 0.1) is 47.7 Å². The first-order chi connectivity index (χ1) is 47.2. The highest BCUT2D eigenvalue weighted by Gasteiger charge is 2.87. The van der Waals surface area contributed by atoms with Gasteiger partial charge in [-0.05, 0) is 238 Å². The van der Waals surface area contributed by atoms with Gasteiger partial charge in [-0.15, -0.1) is 0 Å². The van der Waals surface area contributed by atoms with E-state index in [2.05, 4.69) is 107 Å². The highest BCUT2D eigenvalue weighted by atomic mass is 35.5. The van der Waals surface area contributed by atoms with Crippen LogP contribution in [0.4, 0.5) is 24.9 Å². The SMILES string of the molecule is C1CNC1.CC(C)C(OC(=O)N(C)C)[C@H]1C[C@@H](C)[C@H]2[C@H](O1)[C@H](O)[C@@]1(C)[C@@H]3CC[C@H]4C(C)(C)[C@@H](O)CC[C@@]45C[C@@]35CC[C@]21C.CC(C)C(OC(=O)N(C)C)[C@H]1C[C@@H](C)[C@H]2[C@H](O1)[C@H](O)[C@@]1(C)[C@@H]3CC[C@H]4C(C)(C)[C@@H](OC(=O)N5CCC5)CC[C@@]45C[C@@]35CC[C@]21C.O=C(Cl)Oc1ccc([N+](=O)[O-])cc1. The Bertz CT molecular complexity index is 3250. The number of amides is 3. The Balaban J connectivity index is 0.000000156. The minimum absolute atomic E-state index is 0.0128. The number of halogens is 1. The first-order valence-corrected chi connectivity index (χ1v) is 39.5. The first-order valence-electron chi connectivity index (χ1n) is 39.1. The first kappa shape index (κ1) is 76.6. The summed E-state index contributed by atoms with van der Waals surface area (Å²) in [5.41, 5.74) is -0.385. The van der Waals surface area contributed by atoms with Crippen molar-refractivity contribution in [3.63, 3.8) is 0 Å². The van der Waals surface area contributed by atoms with Gasteiger partial charge in [-0.3, -0.25) is 10.1 Å². The number of hydrogen-bond acceptors (Lipinski definition) is 16. The van der Waals surface area contributed by atoms with Gasteiger partial charge in [-0.25, -0.2) is 19.2 Å². The maximum Gasteiger partial charge on any atom is 0.410 e. The Morgan fingerprint density at radius 1 is 0.614 bits per heavy atom. The number of aliphatic hydroxyl groups excluding tert-OH is 3. The van der Waals surface area contributed by atoms with E-state index in [1.807, 2.05) is 4.90 Å². The Morgan fingerprint density at radius 3 is 1.40 bits per heavy atom. The predicted molar refractivity (Wildman–Crippen MR) is 385 cm³/mol. The molecule has 4 N–H and O–H groups in total. The second kappa shape index (κ2) is 27.0. The molecule has 21 heteroatoms. The molecule has 1 aromatic rings. The molecule has 10 aliphatic carbocycles. The van der Waals surface area contributed by atoms with Crippen LogP contribution < -0.4 is 10.1 Å². The molecule has 0 radical (unpaired) electrons. The van der Waals surface area contributed by atoms with Gasteiger partial charge >= 0.3 is 23.7 Å². The van der Waals surface area contributed by atoms with Crippen LogP contribution in [0.5, 0.6) is 5.75 Å². The van der Waals surface area contributed by atoms with Crippen LogP contribution in [0.2, 0.25) is 0 Å². The summed E-state index contributed by atoms with van der Waals surface area (Å²) in [4.78, 5) is 62.8. The lowest BCUT2D eigenvalue weighted by molar-refractivity contribution is -0.384. The average molecular weight is 1430 g/mol. The van der Waals surface area contributed by atoms with E-state index >= 15 is 0 Å². The number of nitrogens with one attached hydrogen (secondary N) is 1.